The number of carbonyl (C=O) groups is 2. The predicted octanol–water partition coefficient (Wildman–Crippen LogP) is 2.54. The van der Waals surface area contributed by atoms with Crippen LogP contribution in [-0.2, 0) is 16.0 Å². The number of nitrogens with zero attached hydrogens (tertiary/aromatic N) is 1. The lowest BCUT2D eigenvalue weighted by Crippen LogP contribution is -2.33. The number of amides is 1. The van der Waals surface area contributed by atoms with Crippen LogP contribution < -0.4 is 10.5 Å². The Morgan fingerprint density at radius 1 is 1.08 bits per heavy atom. The lowest BCUT2D eigenvalue weighted by atomic mass is 10.2. The van der Waals surface area contributed by atoms with E-state index >= 15 is 0 Å². The van der Waals surface area contributed by atoms with E-state index in [0.29, 0.717) is 17.5 Å². The molecule has 1 aromatic heterocycles. The van der Waals surface area contributed by atoms with Gasteiger partial charge in [-0.1, -0.05) is 36.4 Å². The molecule has 0 unspecified atom stereocenters. The second-order valence-corrected chi connectivity index (χ2v) is 5.99. The van der Waals surface area contributed by atoms with E-state index in [2.05, 4.69) is 0 Å². The number of rotatable bonds is 3. The van der Waals surface area contributed by atoms with E-state index < -0.39 is 18.2 Å². The normalized spacial score (nSPS) is 12.8. The Kier molecular flexibility index (Phi) is 4.01. The number of benzene rings is 2. The van der Waals surface area contributed by atoms with Crippen LogP contribution >= 0.6 is 0 Å². The molecule has 6 heteroatoms. The van der Waals surface area contributed by atoms with Gasteiger partial charge in [0.1, 0.15) is 11.1 Å². The molecule has 0 radical (unpaired) electrons. The first-order chi connectivity index (χ1) is 12.6. The SMILES string of the molecule is O=C(OCC(=O)N1CCc2ccccc21)c1cc2ccccc2oc1=O. The largest absolute Gasteiger partial charge is 0.452 e. The lowest BCUT2D eigenvalue weighted by Gasteiger charge is -2.17. The van der Waals surface area contributed by atoms with Crippen molar-refractivity contribution in [1.29, 1.82) is 0 Å². The van der Waals surface area contributed by atoms with Crippen LogP contribution in [0.5, 0.6) is 0 Å². The Bertz CT molecular complexity index is 1070. The standard InChI is InChI=1S/C20H15NO5/c22-18(21-10-9-13-5-1-3-7-16(13)21)12-25-19(23)15-11-14-6-2-4-8-17(14)26-20(15)24/h1-8,11H,9-10,12H2. The second-order valence-electron chi connectivity index (χ2n) is 5.99. The summed E-state index contributed by atoms with van der Waals surface area (Å²) in [4.78, 5) is 38.2. The quantitative estimate of drug-likeness (QED) is 0.536. The molecule has 4 rings (SSSR count). The van der Waals surface area contributed by atoms with Gasteiger partial charge in [0, 0.05) is 17.6 Å². The van der Waals surface area contributed by atoms with Gasteiger partial charge in [0.15, 0.2) is 6.61 Å². The molecule has 1 aliphatic heterocycles. The topological polar surface area (TPSA) is 76.8 Å². The Morgan fingerprint density at radius 2 is 1.85 bits per heavy atom. The number of ether oxygens (including phenoxy) is 1. The molecule has 0 saturated heterocycles. The predicted molar refractivity (Wildman–Crippen MR) is 95.3 cm³/mol. The summed E-state index contributed by atoms with van der Waals surface area (Å²) >= 11 is 0. The van der Waals surface area contributed by atoms with Crippen molar-refractivity contribution in [2.45, 2.75) is 6.42 Å². The molecule has 6 nitrogen and oxygen atoms in total. The minimum absolute atomic E-state index is 0.224. The molecule has 0 saturated carbocycles. The molecule has 0 fully saturated rings. The maximum absolute atomic E-state index is 12.4. The molecule has 0 spiro atoms. The Labute approximate surface area is 148 Å². The molecule has 26 heavy (non-hydrogen) atoms. The summed E-state index contributed by atoms with van der Waals surface area (Å²) in [5.41, 5.74) is 1.30. The summed E-state index contributed by atoms with van der Waals surface area (Å²) in [5, 5.41) is 0.610. The molecule has 130 valence electrons. The van der Waals surface area contributed by atoms with Gasteiger partial charge in [-0.15, -0.1) is 0 Å². The van der Waals surface area contributed by atoms with E-state index in [1.165, 1.54) is 6.07 Å². The van der Waals surface area contributed by atoms with Crippen molar-refractivity contribution in [1.82, 2.24) is 0 Å². The van der Waals surface area contributed by atoms with Crippen LogP contribution in [0.4, 0.5) is 5.69 Å². The molecule has 1 aliphatic rings. The third-order valence-electron chi connectivity index (χ3n) is 4.38. The van der Waals surface area contributed by atoms with E-state index in [4.69, 9.17) is 9.15 Å². The van der Waals surface area contributed by atoms with Crippen molar-refractivity contribution >= 4 is 28.5 Å². The number of hydrogen-bond acceptors (Lipinski definition) is 5. The summed E-state index contributed by atoms with van der Waals surface area (Å²) in [7, 11) is 0. The molecule has 3 aromatic rings. The van der Waals surface area contributed by atoms with E-state index in [9.17, 15) is 14.4 Å². The Morgan fingerprint density at radius 3 is 2.73 bits per heavy atom. The third kappa shape index (κ3) is 2.86. The maximum atomic E-state index is 12.4. The van der Waals surface area contributed by atoms with Crippen molar-refractivity contribution in [3.05, 3.63) is 76.1 Å². The van der Waals surface area contributed by atoms with Gasteiger partial charge in [-0.25, -0.2) is 9.59 Å². The number of carbonyl (C=O) groups excluding carboxylic acids is 2. The molecule has 0 N–H and O–H groups in total. The molecular weight excluding hydrogens is 334 g/mol. The van der Waals surface area contributed by atoms with Gasteiger partial charge in [-0.2, -0.15) is 0 Å². The summed E-state index contributed by atoms with van der Waals surface area (Å²) in [5.74, 6) is -1.20. The Hall–Kier alpha value is -3.41. The number of esters is 1. The number of anilines is 1. The van der Waals surface area contributed by atoms with Crippen molar-refractivity contribution in [3.8, 4) is 0 Å². The molecule has 2 aromatic carbocycles. The van der Waals surface area contributed by atoms with Gasteiger partial charge in [-0.3, -0.25) is 4.79 Å². The van der Waals surface area contributed by atoms with Gasteiger partial charge < -0.3 is 14.1 Å². The summed E-state index contributed by atoms with van der Waals surface area (Å²) in [6.07, 6.45) is 0.768. The zero-order valence-electron chi connectivity index (χ0n) is 13.8. The summed E-state index contributed by atoms with van der Waals surface area (Å²) in [6.45, 7) is 0.118. The maximum Gasteiger partial charge on any atom is 0.351 e. The van der Waals surface area contributed by atoms with Gasteiger partial charge in [0.05, 0.1) is 0 Å². The summed E-state index contributed by atoms with van der Waals surface area (Å²) < 4.78 is 10.2. The average molecular weight is 349 g/mol. The van der Waals surface area contributed by atoms with Gasteiger partial charge in [0.2, 0.25) is 0 Å². The molecule has 0 aliphatic carbocycles. The second kappa shape index (κ2) is 6.48. The van der Waals surface area contributed by atoms with E-state index in [1.54, 1.807) is 29.2 Å². The first kappa shape index (κ1) is 16.1. The van der Waals surface area contributed by atoms with Crippen molar-refractivity contribution in [2.75, 3.05) is 18.1 Å². The molecular formula is C20H15NO5. The van der Waals surface area contributed by atoms with Gasteiger partial charge in [-0.05, 0) is 30.2 Å². The zero-order valence-corrected chi connectivity index (χ0v) is 13.8. The lowest BCUT2D eigenvalue weighted by molar-refractivity contribution is -0.121. The van der Waals surface area contributed by atoms with Gasteiger partial charge >= 0.3 is 11.6 Å². The first-order valence-corrected chi connectivity index (χ1v) is 8.22. The Balaban J connectivity index is 1.49. The fourth-order valence-electron chi connectivity index (χ4n) is 3.08. The first-order valence-electron chi connectivity index (χ1n) is 8.22. The van der Waals surface area contributed by atoms with Crippen LogP contribution in [0.1, 0.15) is 15.9 Å². The highest BCUT2D eigenvalue weighted by atomic mass is 16.5. The van der Waals surface area contributed by atoms with Crippen LogP contribution in [0.15, 0.2) is 63.8 Å². The number of fused-ring (bicyclic) bond motifs is 2. The van der Waals surface area contributed by atoms with E-state index in [-0.39, 0.29) is 11.5 Å². The van der Waals surface area contributed by atoms with Crippen molar-refractivity contribution < 1.29 is 18.7 Å². The zero-order chi connectivity index (χ0) is 18.1. The number of hydrogen-bond donors (Lipinski definition) is 0. The highest BCUT2D eigenvalue weighted by Gasteiger charge is 2.25. The van der Waals surface area contributed by atoms with Crippen LogP contribution in [0.25, 0.3) is 11.0 Å². The van der Waals surface area contributed by atoms with Crippen LogP contribution in [-0.4, -0.2) is 25.0 Å². The minimum Gasteiger partial charge on any atom is -0.452 e. The van der Waals surface area contributed by atoms with E-state index in [1.807, 2.05) is 24.3 Å². The fraction of sp³-hybridized carbons (Fsp3) is 0.150. The number of para-hydroxylation sites is 2. The average Bonchev–Trinajstić information content (AvgIpc) is 3.09. The monoisotopic (exact) mass is 349 g/mol. The molecule has 2 heterocycles. The van der Waals surface area contributed by atoms with Crippen LogP contribution in [0.3, 0.4) is 0 Å². The van der Waals surface area contributed by atoms with Crippen LogP contribution in [0.2, 0.25) is 0 Å². The fourth-order valence-corrected chi connectivity index (χ4v) is 3.08. The van der Waals surface area contributed by atoms with Crippen molar-refractivity contribution in [3.63, 3.8) is 0 Å². The van der Waals surface area contributed by atoms with Gasteiger partial charge in [0.25, 0.3) is 5.91 Å². The van der Waals surface area contributed by atoms with E-state index in [0.717, 1.165) is 17.7 Å². The van der Waals surface area contributed by atoms with Crippen LogP contribution in [0, 0.1) is 0 Å². The minimum atomic E-state index is -0.870. The molecule has 0 bridgehead atoms. The highest BCUT2D eigenvalue weighted by Crippen LogP contribution is 2.27. The molecule has 0 atom stereocenters. The smallest absolute Gasteiger partial charge is 0.351 e. The third-order valence-corrected chi connectivity index (χ3v) is 4.38. The van der Waals surface area contributed by atoms with Crippen molar-refractivity contribution in [2.24, 2.45) is 0 Å². The molecule has 1 amide bonds. The summed E-state index contributed by atoms with van der Waals surface area (Å²) in [6, 6.07) is 15.9. The highest BCUT2D eigenvalue weighted by molar-refractivity contribution is 5.99.